The molecule has 2 aromatic carbocycles. The number of carbonyl (C=O) groups is 1. The number of hydrogen-bond acceptors (Lipinski definition) is 4. The number of nitrogens with zero attached hydrogens (tertiary/aromatic N) is 1. The van der Waals surface area contributed by atoms with Crippen molar-refractivity contribution in [3.8, 4) is 5.75 Å². The third-order valence-corrected chi connectivity index (χ3v) is 6.77. The van der Waals surface area contributed by atoms with Crippen LogP contribution in [0.1, 0.15) is 18.4 Å². The molecule has 1 aliphatic heterocycles. The Balaban J connectivity index is 1.80. The van der Waals surface area contributed by atoms with E-state index in [9.17, 15) is 13.2 Å². The van der Waals surface area contributed by atoms with Crippen molar-refractivity contribution in [1.82, 2.24) is 4.31 Å². The number of carbonyl (C=O) groups excluding carboxylic acids is 1. The molecule has 27 heavy (non-hydrogen) atoms. The van der Waals surface area contributed by atoms with Crippen LogP contribution < -0.4 is 10.1 Å². The Hall–Kier alpha value is -2.09. The minimum absolute atomic E-state index is 0.195. The van der Waals surface area contributed by atoms with Gasteiger partial charge in [-0.15, -0.1) is 0 Å². The minimum Gasteiger partial charge on any atom is -0.495 e. The predicted molar refractivity (Wildman–Crippen MR) is 105 cm³/mol. The fourth-order valence-electron chi connectivity index (χ4n) is 3.11. The first-order valence-corrected chi connectivity index (χ1v) is 10.4. The van der Waals surface area contributed by atoms with Crippen LogP contribution in [0.3, 0.4) is 0 Å². The summed E-state index contributed by atoms with van der Waals surface area (Å²) in [5, 5.41) is 3.12. The Bertz CT molecular complexity index is 945. The zero-order valence-electron chi connectivity index (χ0n) is 15.1. The molecule has 0 aliphatic carbocycles. The molecule has 0 saturated carbocycles. The largest absolute Gasteiger partial charge is 0.495 e. The summed E-state index contributed by atoms with van der Waals surface area (Å²) in [5.74, 6) is 0.128. The summed E-state index contributed by atoms with van der Waals surface area (Å²) in [5.41, 5.74) is 1.46. The first kappa shape index (κ1) is 19.7. The highest BCUT2D eigenvalue weighted by Gasteiger charge is 2.39. The van der Waals surface area contributed by atoms with Crippen LogP contribution >= 0.6 is 11.6 Å². The Labute approximate surface area is 164 Å². The molecule has 0 aromatic heterocycles. The van der Waals surface area contributed by atoms with Crippen LogP contribution in [-0.4, -0.2) is 38.3 Å². The normalized spacial score (nSPS) is 17.7. The van der Waals surface area contributed by atoms with Gasteiger partial charge in [-0.05, 0) is 50.1 Å². The van der Waals surface area contributed by atoms with E-state index in [2.05, 4.69) is 5.32 Å². The first-order valence-electron chi connectivity index (χ1n) is 8.56. The summed E-state index contributed by atoms with van der Waals surface area (Å²) in [4.78, 5) is 12.9. The smallest absolute Gasteiger partial charge is 0.243 e. The van der Waals surface area contributed by atoms with E-state index in [1.54, 1.807) is 42.5 Å². The Morgan fingerprint density at radius 1 is 1.22 bits per heavy atom. The maximum Gasteiger partial charge on any atom is 0.243 e. The molecule has 0 bridgehead atoms. The molecule has 0 radical (unpaired) electrons. The zero-order chi connectivity index (χ0) is 19.6. The summed E-state index contributed by atoms with van der Waals surface area (Å²) in [7, 11) is -2.23. The van der Waals surface area contributed by atoms with E-state index in [4.69, 9.17) is 16.3 Å². The van der Waals surface area contributed by atoms with Gasteiger partial charge in [-0.3, -0.25) is 4.79 Å². The molecular formula is C19H21ClN2O4S. The van der Waals surface area contributed by atoms with Crippen molar-refractivity contribution in [2.24, 2.45) is 0 Å². The molecule has 8 heteroatoms. The summed E-state index contributed by atoms with van der Waals surface area (Å²) in [6.45, 7) is 2.21. The van der Waals surface area contributed by atoms with Crippen LogP contribution in [0.15, 0.2) is 47.4 Å². The van der Waals surface area contributed by atoms with E-state index in [0.29, 0.717) is 35.8 Å². The molecule has 144 valence electrons. The number of nitrogens with one attached hydrogen (secondary N) is 1. The molecule has 1 aliphatic rings. The topological polar surface area (TPSA) is 75.7 Å². The molecule has 2 aromatic rings. The average molecular weight is 409 g/mol. The summed E-state index contributed by atoms with van der Waals surface area (Å²) >= 11 is 6.08. The molecule has 0 spiro atoms. The summed E-state index contributed by atoms with van der Waals surface area (Å²) in [6.07, 6.45) is 1.10. The SMILES string of the molecule is COc1ccc(NC(=O)[C@@H]2CCCN2S(=O)(=O)c2ccc(C)cc2)cc1Cl. The average Bonchev–Trinajstić information content (AvgIpc) is 3.13. The third-order valence-electron chi connectivity index (χ3n) is 4.55. The van der Waals surface area contributed by atoms with Gasteiger partial charge in [0.2, 0.25) is 15.9 Å². The highest BCUT2D eigenvalue weighted by Crippen LogP contribution is 2.29. The molecule has 0 unspecified atom stereocenters. The third kappa shape index (κ3) is 4.10. The monoisotopic (exact) mass is 408 g/mol. The maximum atomic E-state index is 13.0. The van der Waals surface area contributed by atoms with Crippen molar-refractivity contribution in [2.75, 3.05) is 19.0 Å². The first-order chi connectivity index (χ1) is 12.8. The zero-order valence-corrected chi connectivity index (χ0v) is 16.7. The van der Waals surface area contributed by atoms with Crippen LogP contribution in [0, 0.1) is 6.92 Å². The lowest BCUT2D eigenvalue weighted by molar-refractivity contribution is -0.119. The lowest BCUT2D eigenvalue weighted by Gasteiger charge is -2.23. The standard InChI is InChI=1S/C19H21ClN2O4S/c1-13-5-8-15(9-6-13)27(24,25)22-11-3-4-17(22)19(23)21-14-7-10-18(26-2)16(20)12-14/h5-10,12,17H,3-4,11H2,1-2H3,(H,21,23)/t17-/m0/s1. The van der Waals surface area contributed by atoms with Crippen LogP contribution in [-0.2, 0) is 14.8 Å². The lowest BCUT2D eigenvalue weighted by atomic mass is 10.2. The van der Waals surface area contributed by atoms with Gasteiger partial charge in [0.25, 0.3) is 0 Å². The number of amides is 1. The lowest BCUT2D eigenvalue weighted by Crippen LogP contribution is -2.43. The second kappa shape index (κ2) is 7.88. The molecule has 3 rings (SSSR count). The van der Waals surface area contributed by atoms with Crippen molar-refractivity contribution in [2.45, 2.75) is 30.7 Å². The number of anilines is 1. The minimum atomic E-state index is -3.73. The van der Waals surface area contributed by atoms with Gasteiger partial charge in [-0.25, -0.2) is 8.42 Å². The Kier molecular flexibility index (Phi) is 5.74. The number of halogens is 1. The Morgan fingerprint density at radius 2 is 1.93 bits per heavy atom. The van der Waals surface area contributed by atoms with E-state index in [1.807, 2.05) is 6.92 Å². The van der Waals surface area contributed by atoms with Gasteiger partial charge in [0.15, 0.2) is 0 Å². The van der Waals surface area contributed by atoms with Crippen LogP contribution in [0.4, 0.5) is 5.69 Å². The number of sulfonamides is 1. The van der Waals surface area contributed by atoms with Crippen molar-refractivity contribution in [3.63, 3.8) is 0 Å². The second-order valence-corrected chi connectivity index (χ2v) is 8.72. The second-order valence-electron chi connectivity index (χ2n) is 6.43. The van der Waals surface area contributed by atoms with E-state index in [-0.39, 0.29) is 10.8 Å². The van der Waals surface area contributed by atoms with Gasteiger partial charge in [-0.1, -0.05) is 29.3 Å². The van der Waals surface area contributed by atoms with Gasteiger partial charge < -0.3 is 10.1 Å². The maximum absolute atomic E-state index is 13.0. The number of benzene rings is 2. The van der Waals surface area contributed by atoms with E-state index in [1.165, 1.54) is 11.4 Å². The quantitative estimate of drug-likeness (QED) is 0.822. The number of hydrogen-bond donors (Lipinski definition) is 1. The van der Waals surface area contributed by atoms with Crippen molar-refractivity contribution < 1.29 is 17.9 Å². The molecule has 1 fully saturated rings. The fourth-order valence-corrected chi connectivity index (χ4v) is 5.02. The summed E-state index contributed by atoms with van der Waals surface area (Å²) in [6, 6.07) is 10.8. The number of ether oxygens (including phenoxy) is 1. The fraction of sp³-hybridized carbons (Fsp3) is 0.316. The summed E-state index contributed by atoms with van der Waals surface area (Å²) < 4.78 is 32.3. The number of methoxy groups -OCH3 is 1. The highest BCUT2D eigenvalue weighted by molar-refractivity contribution is 7.89. The molecule has 1 N–H and O–H groups in total. The molecule has 1 atom stereocenters. The van der Waals surface area contributed by atoms with Crippen LogP contribution in [0.2, 0.25) is 5.02 Å². The number of rotatable bonds is 5. The highest BCUT2D eigenvalue weighted by atomic mass is 35.5. The number of aryl methyl sites for hydroxylation is 1. The van der Waals surface area contributed by atoms with Gasteiger partial charge in [-0.2, -0.15) is 4.31 Å². The van der Waals surface area contributed by atoms with E-state index < -0.39 is 16.1 Å². The van der Waals surface area contributed by atoms with Crippen molar-refractivity contribution in [3.05, 3.63) is 53.1 Å². The molecule has 1 amide bonds. The van der Waals surface area contributed by atoms with Gasteiger partial charge in [0.05, 0.1) is 17.0 Å². The molecule has 6 nitrogen and oxygen atoms in total. The van der Waals surface area contributed by atoms with Gasteiger partial charge >= 0.3 is 0 Å². The van der Waals surface area contributed by atoms with Crippen molar-refractivity contribution >= 4 is 33.2 Å². The molecule has 1 heterocycles. The molecule has 1 saturated heterocycles. The molecular weight excluding hydrogens is 388 g/mol. The van der Waals surface area contributed by atoms with Gasteiger partial charge in [0.1, 0.15) is 11.8 Å². The van der Waals surface area contributed by atoms with Crippen LogP contribution in [0.25, 0.3) is 0 Å². The Morgan fingerprint density at radius 3 is 2.56 bits per heavy atom. The predicted octanol–water partition coefficient (Wildman–Crippen LogP) is 3.45. The van der Waals surface area contributed by atoms with E-state index in [0.717, 1.165) is 5.56 Å². The van der Waals surface area contributed by atoms with E-state index >= 15 is 0 Å². The van der Waals surface area contributed by atoms with Crippen LogP contribution in [0.5, 0.6) is 5.75 Å². The van der Waals surface area contributed by atoms with Crippen molar-refractivity contribution in [1.29, 1.82) is 0 Å². The van der Waals surface area contributed by atoms with Gasteiger partial charge in [0, 0.05) is 12.2 Å².